The molecule has 0 saturated carbocycles. The molecule has 3 aliphatic rings. The Morgan fingerprint density at radius 3 is 2.14 bits per heavy atom. The molecule has 1 spiro atoms. The first-order chi connectivity index (χ1) is 9.88. The van der Waals surface area contributed by atoms with Crippen molar-refractivity contribution in [3.63, 3.8) is 0 Å². The fourth-order valence-electron chi connectivity index (χ4n) is 4.88. The molecule has 0 aromatic heterocycles. The van der Waals surface area contributed by atoms with Crippen LogP contribution in [-0.2, 0) is 0 Å². The lowest BCUT2D eigenvalue weighted by molar-refractivity contribution is -0.117. The summed E-state index contributed by atoms with van der Waals surface area (Å²) >= 11 is 0. The number of β-amino-alcohol motifs (C(OH)–C–C–N with tert-alkyl or cyclic N) is 1. The van der Waals surface area contributed by atoms with E-state index >= 15 is 0 Å². The largest absolute Gasteiger partial charge is 0.392 e. The Kier molecular flexibility index (Phi) is 4.34. The average molecular weight is 295 g/mol. The molecule has 0 radical (unpaired) electrons. The Morgan fingerprint density at radius 2 is 1.52 bits per heavy atom. The second-order valence-electron chi connectivity index (χ2n) is 8.57. The number of aliphatic hydroxyl groups is 1. The van der Waals surface area contributed by atoms with Gasteiger partial charge in [-0.2, -0.15) is 0 Å². The average Bonchev–Trinajstić information content (AvgIpc) is 2.66. The molecule has 122 valence electrons. The van der Waals surface area contributed by atoms with Crippen molar-refractivity contribution in [2.24, 2.45) is 11.8 Å². The quantitative estimate of drug-likeness (QED) is 0.841. The molecule has 0 bridgehead atoms. The zero-order chi connectivity index (χ0) is 15.2. The lowest BCUT2D eigenvalue weighted by atomic mass is 9.83. The standard InChI is InChI=1S/C17H33N3O/c1-13(2)6-18-8-15-5-16(21)9-20(15)17(10-18)11-19(12-17)7-14(3)4/h13-16,21H,5-12H2,1-4H3/t15-,16-/m1/s1. The summed E-state index contributed by atoms with van der Waals surface area (Å²) in [5.41, 5.74) is 0.324. The number of piperazine rings is 1. The minimum Gasteiger partial charge on any atom is -0.392 e. The molecular formula is C17H33N3O. The Balaban J connectivity index is 1.68. The van der Waals surface area contributed by atoms with E-state index in [9.17, 15) is 5.11 Å². The molecule has 1 N–H and O–H groups in total. The van der Waals surface area contributed by atoms with Crippen molar-refractivity contribution in [1.82, 2.24) is 14.7 Å². The molecule has 0 amide bonds. The number of nitrogens with zero attached hydrogens (tertiary/aromatic N) is 3. The van der Waals surface area contributed by atoms with Crippen LogP contribution in [0.5, 0.6) is 0 Å². The van der Waals surface area contributed by atoms with E-state index in [1.165, 1.54) is 32.7 Å². The van der Waals surface area contributed by atoms with Crippen LogP contribution in [0.4, 0.5) is 0 Å². The minimum atomic E-state index is -0.106. The van der Waals surface area contributed by atoms with Gasteiger partial charge >= 0.3 is 0 Å². The number of rotatable bonds is 4. The summed E-state index contributed by atoms with van der Waals surface area (Å²) in [5, 5.41) is 10.1. The lowest BCUT2D eigenvalue weighted by Gasteiger charge is -2.61. The summed E-state index contributed by atoms with van der Waals surface area (Å²) in [6.45, 7) is 17.3. The highest BCUT2D eigenvalue weighted by atomic mass is 16.3. The molecule has 3 rings (SSSR count). The van der Waals surface area contributed by atoms with Crippen LogP contribution in [-0.4, -0.2) is 83.3 Å². The fourth-order valence-corrected chi connectivity index (χ4v) is 4.88. The van der Waals surface area contributed by atoms with Crippen LogP contribution >= 0.6 is 0 Å². The molecule has 3 heterocycles. The molecule has 0 aromatic rings. The van der Waals surface area contributed by atoms with E-state index in [-0.39, 0.29) is 6.10 Å². The maximum atomic E-state index is 10.1. The van der Waals surface area contributed by atoms with E-state index in [1.54, 1.807) is 0 Å². The van der Waals surface area contributed by atoms with Crippen molar-refractivity contribution >= 4 is 0 Å². The molecule has 2 atom stereocenters. The first-order valence-electron chi connectivity index (χ1n) is 8.77. The van der Waals surface area contributed by atoms with Crippen LogP contribution in [0.3, 0.4) is 0 Å². The molecule has 0 aliphatic carbocycles. The third-order valence-corrected chi connectivity index (χ3v) is 5.27. The number of likely N-dealkylation sites (tertiary alicyclic amines) is 1. The van der Waals surface area contributed by atoms with Gasteiger partial charge in [0.1, 0.15) is 0 Å². The highest BCUT2D eigenvalue weighted by Crippen LogP contribution is 2.39. The summed E-state index contributed by atoms with van der Waals surface area (Å²) in [6, 6.07) is 0.578. The summed E-state index contributed by atoms with van der Waals surface area (Å²) < 4.78 is 0. The van der Waals surface area contributed by atoms with Crippen LogP contribution in [0, 0.1) is 11.8 Å². The first kappa shape index (κ1) is 15.7. The molecule has 0 unspecified atom stereocenters. The number of fused-ring (bicyclic) bond motifs is 2. The van der Waals surface area contributed by atoms with Crippen molar-refractivity contribution in [2.75, 3.05) is 45.8 Å². The fraction of sp³-hybridized carbons (Fsp3) is 1.00. The van der Waals surface area contributed by atoms with Gasteiger partial charge in [0.25, 0.3) is 0 Å². The zero-order valence-corrected chi connectivity index (χ0v) is 14.3. The van der Waals surface area contributed by atoms with E-state index in [0.717, 1.165) is 31.3 Å². The first-order valence-corrected chi connectivity index (χ1v) is 8.77. The SMILES string of the molecule is CC(C)CN1C[C@H]2C[C@@H](O)CN2C2(C1)CN(CC(C)C)C2. The van der Waals surface area contributed by atoms with Gasteiger partial charge in [-0.15, -0.1) is 0 Å². The molecule has 3 saturated heterocycles. The molecule has 4 nitrogen and oxygen atoms in total. The topological polar surface area (TPSA) is 30.0 Å². The third kappa shape index (κ3) is 3.14. The van der Waals surface area contributed by atoms with Crippen LogP contribution in [0.2, 0.25) is 0 Å². The van der Waals surface area contributed by atoms with E-state index in [2.05, 4.69) is 42.4 Å². The Hall–Kier alpha value is -0.160. The number of aliphatic hydroxyl groups excluding tert-OH is 1. The van der Waals surface area contributed by atoms with Crippen molar-refractivity contribution in [1.29, 1.82) is 0 Å². The van der Waals surface area contributed by atoms with Gasteiger partial charge in [0.15, 0.2) is 0 Å². The predicted octanol–water partition coefficient (Wildman–Crippen LogP) is 1.10. The van der Waals surface area contributed by atoms with Crippen molar-refractivity contribution in [3.8, 4) is 0 Å². The predicted molar refractivity (Wildman–Crippen MR) is 86.4 cm³/mol. The molecule has 0 aromatic carbocycles. The monoisotopic (exact) mass is 295 g/mol. The van der Waals surface area contributed by atoms with Gasteiger partial charge in [-0.3, -0.25) is 14.7 Å². The zero-order valence-electron chi connectivity index (χ0n) is 14.3. The maximum Gasteiger partial charge on any atom is 0.0682 e. The van der Waals surface area contributed by atoms with Crippen LogP contribution in [0.15, 0.2) is 0 Å². The normalized spacial score (nSPS) is 33.9. The molecule has 3 fully saturated rings. The van der Waals surface area contributed by atoms with E-state index in [1.807, 2.05) is 0 Å². The summed E-state index contributed by atoms with van der Waals surface area (Å²) in [4.78, 5) is 7.92. The number of hydrogen-bond donors (Lipinski definition) is 1. The van der Waals surface area contributed by atoms with Gasteiger partial charge in [-0.25, -0.2) is 0 Å². The Labute approximate surface area is 130 Å². The van der Waals surface area contributed by atoms with E-state index in [4.69, 9.17) is 0 Å². The summed E-state index contributed by atoms with van der Waals surface area (Å²) in [7, 11) is 0. The second kappa shape index (κ2) is 5.80. The lowest BCUT2D eigenvalue weighted by Crippen LogP contribution is -2.78. The van der Waals surface area contributed by atoms with Gasteiger partial charge in [0.2, 0.25) is 0 Å². The van der Waals surface area contributed by atoms with Crippen LogP contribution < -0.4 is 0 Å². The molecule has 4 heteroatoms. The minimum absolute atomic E-state index is 0.106. The highest BCUT2D eigenvalue weighted by Gasteiger charge is 2.55. The van der Waals surface area contributed by atoms with Gasteiger partial charge in [0, 0.05) is 51.9 Å². The van der Waals surface area contributed by atoms with Gasteiger partial charge < -0.3 is 5.11 Å². The molecule has 3 aliphatic heterocycles. The van der Waals surface area contributed by atoms with E-state index in [0.29, 0.717) is 11.6 Å². The molecule has 21 heavy (non-hydrogen) atoms. The van der Waals surface area contributed by atoms with E-state index < -0.39 is 0 Å². The summed E-state index contributed by atoms with van der Waals surface area (Å²) in [5.74, 6) is 1.48. The van der Waals surface area contributed by atoms with Crippen molar-refractivity contribution in [2.45, 2.75) is 51.8 Å². The van der Waals surface area contributed by atoms with Crippen molar-refractivity contribution < 1.29 is 5.11 Å². The Morgan fingerprint density at radius 1 is 0.952 bits per heavy atom. The van der Waals surface area contributed by atoms with Gasteiger partial charge in [-0.05, 0) is 18.3 Å². The Bertz CT molecular complexity index is 365. The highest BCUT2D eigenvalue weighted by molar-refractivity contribution is 5.13. The molecular weight excluding hydrogens is 262 g/mol. The smallest absolute Gasteiger partial charge is 0.0682 e. The summed E-state index contributed by atoms with van der Waals surface area (Å²) in [6.07, 6.45) is 0.866. The third-order valence-electron chi connectivity index (χ3n) is 5.27. The van der Waals surface area contributed by atoms with Gasteiger partial charge in [-0.1, -0.05) is 27.7 Å². The van der Waals surface area contributed by atoms with Crippen molar-refractivity contribution in [3.05, 3.63) is 0 Å². The van der Waals surface area contributed by atoms with Gasteiger partial charge in [0.05, 0.1) is 11.6 Å². The maximum absolute atomic E-state index is 10.1. The number of hydrogen-bond acceptors (Lipinski definition) is 4. The van der Waals surface area contributed by atoms with Crippen LogP contribution in [0.25, 0.3) is 0 Å². The van der Waals surface area contributed by atoms with Crippen LogP contribution in [0.1, 0.15) is 34.1 Å². The second-order valence-corrected chi connectivity index (χ2v) is 8.57.